The van der Waals surface area contributed by atoms with Crippen molar-refractivity contribution in [1.29, 1.82) is 0 Å². The van der Waals surface area contributed by atoms with Crippen LogP contribution in [-0.4, -0.2) is 107 Å². The van der Waals surface area contributed by atoms with Crippen LogP contribution >= 0.6 is 0 Å². The van der Waals surface area contributed by atoms with E-state index in [1.165, 1.54) is 19.9 Å². The summed E-state index contributed by atoms with van der Waals surface area (Å²) in [5, 5.41) is 28.7. The average Bonchev–Trinajstić information content (AvgIpc) is 3.27. The van der Waals surface area contributed by atoms with Crippen molar-refractivity contribution < 1.29 is 67.3 Å². The lowest BCUT2D eigenvalue weighted by atomic mass is 9.44. The molecule has 13 atom stereocenters. The van der Waals surface area contributed by atoms with Crippen molar-refractivity contribution in [2.75, 3.05) is 6.61 Å². The molecule has 5 aliphatic rings. The molecule has 3 aromatic carbocycles. The predicted octanol–water partition coefficient (Wildman–Crippen LogP) is 5.10. The van der Waals surface area contributed by atoms with E-state index in [0.29, 0.717) is 16.7 Å². The Bertz CT molecular complexity index is 2370. The molecule has 3 aliphatic carbocycles. The van der Waals surface area contributed by atoms with Crippen molar-refractivity contribution in [3.05, 3.63) is 131 Å². The minimum atomic E-state index is -2.25. The molecule has 2 saturated carbocycles. The monoisotopic (exact) mass is 893 g/mol. The fraction of sp³-hybridized carbons (Fsp3) is 0.460. The van der Waals surface area contributed by atoms with E-state index in [4.69, 9.17) is 33.2 Å². The number of nitrogens with one attached hydrogen (secondary N) is 1. The standard InChI is InChI=1S/C50H55NO14/c1-8-36-62-34-24-35-49(26-59-35,65-29(4)53)41-43(64-45(56)32-22-16-11-17-23-32)50(58)25-33(27(2)37(47(50,5)6)40(60-28(3)52)42(63-36)48(34,41)7)61-46(57)39(54)38(30-18-12-9-13-19-30)51-44(55)31-20-14-10-15-21-31/h8-23,33-36,38-43,54,58H,1,24-26H2,2-7H3,(H,51,55)/t33-,34?,35?,36?,38-,39+,40-,41?,42-,43-,48?,49-,50?/m0/s1. The summed E-state index contributed by atoms with van der Waals surface area (Å²) in [5.74, 6) is -5.08. The second-order valence-electron chi connectivity index (χ2n) is 18.4. The molecule has 0 radical (unpaired) electrons. The van der Waals surface area contributed by atoms with Crippen molar-refractivity contribution in [2.24, 2.45) is 16.7 Å². The van der Waals surface area contributed by atoms with Crippen molar-refractivity contribution in [1.82, 2.24) is 5.32 Å². The van der Waals surface area contributed by atoms with Gasteiger partial charge in [-0.2, -0.15) is 0 Å². The Balaban J connectivity index is 1.30. The summed E-state index contributed by atoms with van der Waals surface area (Å²) in [6.07, 6.45) is -8.88. The maximum absolute atomic E-state index is 14.5. The van der Waals surface area contributed by atoms with Gasteiger partial charge in [-0.1, -0.05) is 94.1 Å². The highest BCUT2D eigenvalue weighted by Gasteiger charge is 2.79. The van der Waals surface area contributed by atoms with Gasteiger partial charge >= 0.3 is 23.9 Å². The molecular formula is C50H55NO14. The molecule has 4 fully saturated rings. The zero-order valence-corrected chi connectivity index (χ0v) is 37.1. The number of ether oxygens (including phenoxy) is 7. The van der Waals surface area contributed by atoms with Crippen LogP contribution < -0.4 is 5.32 Å². The van der Waals surface area contributed by atoms with Gasteiger partial charge in [0.05, 0.1) is 30.2 Å². The second kappa shape index (κ2) is 17.3. The topological polar surface area (TPSA) is 202 Å². The summed E-state index contributed by atoms with van der Waals surface area (Å²) < 4.78 is 45.0. The van der Waals surface area contributed by atoms with Crippen molar-refractivity contribution in [3.8, 4) is 0 Å². The number of aliphatic hydroxyl groups excluding tert-OH is 1. The summed E-state index contributed by atoms with van der Waals surface area (Å²) in [6.45, 7) is 13.2. The molecule has 2 bridgehead atoms. The smallest absolute Gasteiger partial charge is 0.338 e. The van der Waals surface area contributed by atoms with E-state index >= 15 is 0 Å². The minimum Gasteiger partial charge on any atom is -0.456 e. The third kappa shape index (κ3) is 7.66. The minimum absolute atomic E-state index is 0.155. The van der Waals surface area contributed by atoms with E-state index in [9.17, 15) is 34.2 Å². The first-order valence-corrected chi connectivity index (χ1v) is 21.8. The summed E-state index contributed by atoms with van der Waals surface area (Å²) in [6, 6.07) is 23.6. The number of rotatable bonds is 11. The molecule has 65 heavy (non-hydrogen) atoms. The summed E-state index contributed by atoms with van der Waals surface area (Å²) in [7, 11) is 0. The molecule has 0 aromatic heterocycles. The van der Waals surface area contributed by atoms with Gasteiger partial charge in [0.1, 0.15) is 30.0 Å². The van der Waals surface area contributed by atoms with Crippen LogP contribution in [0.5, 0.6) is 0 Å². The Morgan fingerprint density at radius 3 is 2.02 bits per heavy atom. The van der Waals surface area contributed by atoms with E-state index < -0.39 is 119 Å². The highest BCUT2D eigenvalue weighted by atomic mass is 16.7. The molecule has 1 amide bonds. The molecule has 344 valence electrons. The van der Waals surface area contributed by atoms with Crippen LogP contribution in [0.25, 0.3) is 0 Å². The van der Waals surface area contributed by atoms with Crippen LogP contribution in [0.3, 0.4) is 0 Å². The highest BCUT2D eigenvalue weighted by Crippen LogP contribution is 2.67. The maximum atomic E-state index is 14.5. The summed E-state index contributed by atoms with van der Waals surface area (Å²) >= 11 is 0. The predicted molar refractivity (Wildman–Crippen MR) is 230 cm³/mol. The Morgan fingerprint density at radius 2 is 1.45 bits per heavy atom. The summed E-state index contributed by atoms with van der Waals surface area (Å²) in [4.78, 5) is 69.2. The molecule has 2 saturated heterocycles. The summed E-state index contributed by atoms with van der Waals surface area (Å²) in [5.41, 5.74) is -5.17. The quantitative estimate of drug-likeness (QED) is 0.130. The number of benzene rings is 3. The average molecular weight is 894 g/mol. The van der Waals surface area contributed by atoms with Crippen LogP contribution in [0, 0.1) is 16.7 Å². The number of esters is 4. The van der Waals surface area contributed by atoms with Crippen LogP contribution in [0.4, 0.5) is 0 Å². The third-order valence-corrected chi connectivity index (χ3v) is 14.4. The zero-order chi connectivity index (χ0) is 46.6. The first-order chi connectivity index (χ1) is 30.9. The van der Waals surface area contributed by atoms with Gasteiger partial charge in [0.15, 0.2) is 24.1 Å². The van der Waals surface area contributed by atoms with Crippen LogP contribution in [-0.2, 0) is 47.5 Å². The Hall–Kier alpha value is -5.71. The van der Waals surface area contributed by atoms with Crippen molar-refractivity contribution >= 4 is 29.8 Å². The highest BCUT2D eigenvalue weighted by molar-refractivity contribution is 5.95. The number of carbonyl (C=O) groups excluding carboxylic acids is 5. The molecule has 6 unspecified atom stereocenters. The fourth-order valence-electron chi connectivity index (χ4n) is 11.2. The van der Waals surface area contributed by atoms with E-state index in [1.807, 2.05) is 6.92 Å². The van der Waals surface area contributed by atoms with Gasteiger partial charge in [-0.15, -0.1) is 0 Å². The lowest BCUT2D eigenvalue weighted by Gasteiger charge is -2.71. The Labute approximate surface area is 377 Å². The molecule has 3 N–H and O–H groups in total. The number of fused-ring (bicyclic) bond motifs is 4. The van der Waals surface area contributed by atoms with Crippen molar-refractivity contribution in [3.63, 3.8) is 0 Å². The van der Waals surface area contributed by atoms with Gasteiger partial charge in [0.2, 0.25) is 0 Å². The lowest BCUT2D eigenvalue weighted by molar-refractivity contribution is -0.405. The van der Waals surface area contributed by atoms with E-state index in [2.05, 4.69) is 11.9 Å². The lowest BCUT2D eigenvalue weighted by Crippen LogP contribution is -2.83. The maximum Gasteiger partial charge on any atom is 0.338 e. The first-order valence-electron chi connectivity index (χ1n) is 21.8. The van der Waals surface area contributed by atoms with Gasteiger partial charge in [-0.05, 0) is 54.0 Å². The fourth-order valence-corrected chi connectivity index (χ4v) is 11.2. The SMILES string of the molecule is C=CC1OC2CC3OC[C@@]3(OC(C)=O)C3[C@H](OC(=O)c4ccccc4)C4(O)C[C@H](OC(=O)[C@H](O)[C@@H](NC(=O)c5ccccc5)c5ccccc5)C(C)=C([C@H](OC(C)=O)[C@H](O1)C23C)C4(C)C. The van der Waals surface area contributed by atoms with E-state index in [0.717, 1.165) is 0 Å². The van der Waals surface area contributed by atoms with Crippen LogP contribution in [0.2, 0.25) is 0 Å². The van der Waals surface area contributed by atoms with Gasteiger partial charge in [-0.25, -0.2) is 9.59 Å². The second-order valence-corrected chi connectivity index (χ2v) is 18.4. The number of hydrogen-bond donors (Lipinski definition) is 3. The molecule has 8 rings (SSSR count). The molecule has 15 nitrogen and oxygen atoms in total. The number of carbonyl (C=O) groups is 5. The normalized spacial score (nSPS) is 34.0. The van der Waals surface area contributed by atoms with Crippen LogP contribution in [0.1, 0.15) is 86.7 Å². The van der Waals surface area contributed by atoms with Gasteiger partial charge in [0.25, 0.3) is 5.91 Å². The largest absolute Gasteiger partial charge is 0.456 e. The van der Waals surface area contributed by atoms with Crippen LogP contribution in [0.15, 0.2) is 115 Å². The number of aliphatic hydroxyl groups is 2. The van der Waals surface area contributed by atoms with Gasteiger partial charge in [-0.3, -0.25) is 14.4 Å². The molecule has 3 aromatic rings. The first kappa shape index (κ1) is 45.8. The van der Waals surface area contributed by atoms with Gasteiger partial charge in [0, 0.05) is 43.1 Å². The Kier molecular flexibility index (Phi) is 12.2. The Morgan fingerprint density at radius 1 is 0.831 bits per heavy atom. The number of hydrogen-bond acceptors (Lipinski definition) is 14. The van der Waals surface area contributed by atoms with Gasteiger partial charge < -0.3 is 48.7 Å². The molecule has 15 heteroatoms. The van der Waals surface area contributed by atoms with Crippen molar-refractivity contribution in [2.45, 2.75) is 121 Å². The zero-order valence-electron chi connectivity index (χ0n) is 37.1. The molecule has 0 spiro atoms. The number of amides is 1. The van der Waals surface area contributed by atoms with E-state index in [-0.39, 0.29) is 24.2 Å². The van der Waals surface area contributed by atoms with E-state index in [1.54, 1.807) is 112 Å². The third-order valence-electron chi connectivity index (χ3n) is 14.4. The molecular weight excluding hydrogens is 839 g/mol. The molecule has 2 heterocycles. The molecule has 2 aliphatic heterocycles.